The van der Waals surface area contributed by atoms with Crippen molar-refractivity contribution < 1.29 is 9.90 Å². The second kappa shape index (κ2) is 7.27. The van der Waals surface area contributed by atoms with Crippen LogP contribution in [0.1, 0.15) is 21.5 Å². The van der Waals surface area contributed by atoms with Crippen LogP contribution in [0.2, 0.25) is 0 Å². The molecular formula is C16H17N3O2. The van der Waals surface area contributed by atoms with Gasteiger partial charge in [-0.05, 0) is 24.6 Å². The van der Waals surface area contributed by atoms with Crippen molar-refractivity contribution in [2.75, 3.05) is 13.2 Å². The maximum Gasteiger partial charge on any atom is 0.251 e. The molecule has 2 aromatic rings. The Morgan fingerprint density at radius 3 is 3.05 bits per heavy atom. The SMILES string of the molecule is Cc1ccc(C(=O)NCCn2ccnc2)cc1C#CCO. The van der Waals surface area contributed by atoms with E-state index in [2.05, 4.69) is 22.1 Å². The van der Waals surface area contributed by atoms with Gasteiger partial charge in [-0.15, -0.1) is 0 Å². The summed E-state index contributed by atoms with van der Waals surface area (Å²) in [5.41, 5.74) is 2.30. The van der Waals surface area contributed by atoms with Crippen molar-refractivity contribution >= 4 is 5.91 Å². The van der Waals surface area contributed by atoms with Gasteiger partial charge in [0.2, 0.25) is 0 Å². The Kier molecular flexibility index (Phi) is 5.13. The van der Waals surface area contributed by atoms with Gasteiger partial charge in [0.15, 0.2) is 0 Å². The summed E-state index contributed by atoms with van der Waals surface area (Å²) >= 11 is 0. The zero-order chi connectivity index (χ0) is 15.1. The van der Waals surface area contributed by atoms with Crippen molar-refractivity contribution in [3.05, 3.63) is 53.6 Å². The maximum atomic E-state index is 12.1. The Balaban J connectivity index is 1.98. The molecule has 1 heterocycles. The first-order chi connectivity index (χ1) is 10.2. The number of carbonyl (C=O) groups excluding carboxylic acids is 1. The molecule has 5 nitrogen and oxygen atoms in total. The summed E-state index contributed by atoms with van der Waals surface area (Å²) in [7, 11) is 0. The third kappa shape index (κ3) is 4.20. The van der Waals surface area contributed by atoms with Gasteiger partial charge in [-0.1, -0.05) is 17.9 Å². The fourth-order valence-electron chi connectivity index (χ4n) is 1.85. The van der Waals surface area contributed by atoms with Crippen LogP contribution in [-0.4, -0.2) is 33.7 Å². The van der Waals surface area contributed by atoms with Crippen LogP contribution >= 0.6 is 0 Å². The predicted octanol–water partition coefficient (Wildman–Crippen LogP) is 0.965. The van der Waals surface area contributed by atoms with Crippen LogP contribution in [0.5, 0.6) is 0 Å². The largest absolute Gasteiger partial charge is 0.384 e. The Morgan fingerprint density at radius 2 is 2.33 bits per heavy atom. The van der Waals surface area contributed by atoms with Crippen molar-refractivity contribution in [2.45, 2.75) is 13.5 Å². The second-order valence-electron chi connectivity index (χ2n) is 4.55. The average molecular weight is 283 g/mol. The Hall–Kier alpha value is -2.58. The fraction of sp³-hybridized carbons (Fsp3) is 0.250. The molecular weight excluding hydrogens is 266 g/mol. The van der Waals surface area contributed by atoms with Crippen LogP contribution in [-0.2, 0) is 6.54 Å². The van der Waals surface area contributed by atoms with Crippen LogP contribution < -0.4 is 5.32 Å². The summed E-state index contributed by atoms with van der Waals surface area (Å²) in [4.78, 5) is 16.0. The Labute approximate surface area is 123 Å². The smallest absolute Gasteiger partial charge is 0.251 e. The third-order valence-electron chi connectivity index (χ3n) is 3.02. The highest BCUT2D eigenvalue weighted by molar-refractivity contribution is 5.94. The highest BCUT2D eigenvalue weighted by Crippen LogP contribution is 2.10. The molecule has 0 saturated heterocycles. The van der Waals surface area contributed by atoms with Gasteiger partial charge < -0.3 is 15.0 Å². The van der Waals surface area contributed by atoms with Gasteiger partial charge in [-0.3, -0.25) is 4.79 Å². The molecule has 0 bridgehead atoms. The van der Waals surface area contributed by atoms with Crippen molar-refractivity contribution in [3.8, 4) is 11.8 Å². The molecule has 2 N–H and O–H groups in total. The summed E-state index contributed by atoms with van der Waals surface area (Å²) in [6.07, 6.45) is 5.26. The van der Waals surface area contributed by atoms with E-state index in [1.165, 1.54) is 0 Å². The number of imidazole rings is 1. The molecule has 5 heteroatoms. The maximum absolute atomic E-state index is 12.1. The number of nitrogens with zero attached hydrogens (tertiary/aromatic N) is 2. The topological polar surface area (TPSA) is 67.2 Å². The summed E-state index contributed by atoms with van der Waals surface area (Å²) in [5.74, 6) is 5.30. The van der Waals surface area contributed by atoms with E-state index in [9.17, 15) is 4.79 Å². The van der Waals surface area contributed by atoms with E-state index in [4.69, 9.17) is 5.11 Å². The Bertz CT molecular complexity index is 667. The van der Waals surface area contributed by atoms with E-state index in [1.54, 1.807) is 24.7 Å². The van der Waals surface area contributed by atoms with Crippen LogP contribution in [0.3, 0.4) is 0 Å². The van der Waals surface area contributed by atoms with E-state index >= 15 is 0 Å². The molecule has 1 aromatic heterocycles. The summed E-state index contributed by atoms with van der Waals surface area (Å²) in [5, 5.41) is 11.6. The number of carbonyl (C=O) groups is 1. The monoisotopic (exact) mass is 283 g/mol. The quantitative estimate of drug-likeness (QED) is 0.822. The molecule has 0 aliphatic carbocycles. The number of aromatic nitrogens is 2. The minimum absolute atomic E-state index is 0.137. The molecule has 2 rings (SSSR count). The summed E-state index contributed by atoms with van der Waals surface area (Å²) < 4.78 is 1.90. The predicted molar refractivity (Wildman–Crippen MR) is 79.7 cm³/mol. The number of benzene rings is 1. The summed E-state index contributed by atoms with van der Waals surface area (Å²) in [6, 6.07) is 5.36. The van der Waals surface area contributed by atoms with Crippen LogP contribution in [0.4, 0.5) is 0 Å². The molecule has 0 spiro atoms. The molecule has 0 radical (unpaired) electrons. The van der Waals surface area contributed by atoms with Gasteiger partial charge in [0.1, 0.15) is 6.61 Å². The van der Waals surface area contributed by atoms with Crippen molar-refractivity contribution in [2.24, 2.45) is 0 Å². The van der Waals surface area contributed by atoms with Crippen LogP contribution in [0.15, 0.2) is 36.9 Å². The minimum atomic E-state index is -0.194. The number of aryl methyl sites for hydroxylation is 1. The molecule has 0 aliphatic heterocycles. The molecule has 0 unspecified atom stereocenters. The van der Waals surface area contributed by atoms with Crippen LogP contribution in [0, 0.1) is 18.8 Å². The van der Waals surface area contributed by atoms with Gasteiger partial charge in [0, 0.05) is 36.6 Å². The number of rotatable bonds is 4. The molecule has 0 saturated carbocycles. The van der Waals surface area contributed by atoms with Crippen molar-refractivity contribution in [3.63, 3.8) is 0 Å². The first kappa shape index (κ1) is 14.8. The average Bonchev–Trinajstić information content (AvgIpc) is 2.99. The molecule has 0 atom stereocenters. The fourth-order valence-corrected chi connectivity index (χ4v) is 1.85. The molecule has 21 heavy (non-hydrogen) atoms. The lowest BCUT2D eigenvalue weighted by Gasteiger charge is -2.07. The van der Waals surface area contributed by atoms with E-state index < -0.39 is 0 Å². The van der Waals surface area contributed by atoms with Gasteiger partial charge in [0.25, 0.3) is 5.91 Å². The standard InChI is InChI=1S/C16H17N3O2/c1-13-4-5-15(11-14(13)3-2-10-20)16(21)18-7-9-19-8-6-17-12-19/h4-6,8,11-12,20H,7,9-10H2,1H3,(H,18,21). The highest BCUT2D eigenvalue weighted by atomic mass is 16.2. The Morgan fingerprint density at radius 1 is 1.48 bits per heavy atom. The lowest BCUT2D eigenvalue weighted by atomic mass is 10.0. The molecule has 0 aliphatic rings. The lowest BCUT2D eigenvalue weighted by Crippen LogP contribution is -2.27. The van der Waals surface area contributed by atoms with Gasteiger partial charge in [-0.25, -0.2) is 4.98 Å². The van der Waals surface area contributed by atoms with Gasteiger partial charge in [-0.2, -0.15) is 0 Å². The number of hydrogen-bond acceptors (Lipinski definition) is 3. The third-order valence-corrected chi connectivity index (χ3v) is 3.02. The zero-order valence-electron chi connectivity index (χ0n) is 11.8. The normalized spacial score (nSPS) is 9.81. The van der Waals surface area contributed by atoms with E-state index in [-0.39, 0.29) is 12.5 Å². The first-order valence-corrected chi connectivity index (χ1v) is 6.65. The number of amides is 1. The van der Waals surface area contributed by atoms with E-state index in [1.807, 2.05) is 23.8 Å². The minimum Gasteiger partial charge on any atom is -0.384 e. The molecule has 1 amide bonds. The molecule has 1 aromatic carbocycles. The van der Waals surface area contributed by atoms with Crippen molar-refractivity contribution in [1.82, 2.24) is 14.9 Å². The highest BCUT2D eigenvalue weighted by Gasteiger charge is 2.06. The van der Waals surface area contributed by atoms with E-state index in [0.717, 1.165) is 11.1 Å². The lowest BCUT2D eigenvalue weighted by molar-refractivity contribution is 0.0952. The number of nitrogens with one attached hydrogen (secondary N) is 1. The number of aliphatic hydroxyl groups is 1. The number of aliphatic hydroxyl groups excluding tert-OH is 1. The zero-order valence-corrected chi connectivity index (χ0v) is 11.8. The van der Waals surface area contributed by atoms with E-state index in [0.29, 0.717) is 18.7 Å². The number of hydrogen-bond donors (Lipinski definition) is 2. The van der Waals surface area contributed by atoms with Gasteiger partial charge in [0.05, 0.1) is 6.33 Å². The van der Waals surface area contributed by atoms with Gasteiger partial charge >= 0.3 is 0 Å². The molecule has 0 fully saturated rings. The van der Waals surface area contributed by atoms with Crippen molar-refractivity contribution in [1.29, 1.82) is 0 Å². The first-order valence-electron chi connectivity index (χ1n) is 6.65. The second-order valence-corrected chi connectivity index (χ2v) is 4.55. The van der Waals surface area contributed by atoms with Crippen LogP contribution in [0.25, 0.3) is 0 Å². The molecule has 108 valence electrons. The summed E-state index contributed by atoms with van der Waals surface area (Å²) in [6.45, 7) is 2.93.